The van der Waals surface area contributed by atoms with Crippen molar-refractivity contribution in [3.8, 4) is 23.0 Å². The summed E-state index contributed by atoms with van der Waals surface area (Å²) in [6, 6.07) is 17.8. The third-order valence-corrected chi connectivity index (χ3v) is 3.78. The molecule has 116 valence electrons. The maximum absolute atomic E-state index is 10.2. The molecule has 0 radical (unpaired) electrons. The topological polar surface area (TPSA) is 80.9 Å². The first-order valence-electron chi connectivity index (χ1n) is 7.15. The number of phenols is 4. The first kappa shape index (κ1) is 14.8. The normalized spacial score (nSPS) is 10.8. The van der Waals surface area contributed by atoms with E-state index >= 15 is 0 Å². The highest BCUT2D eigenvalue weighted by Gasteiger charge is 2.23. The molecular formula is C19H16O4. The van der Waals surface area contributed by atoms with Crippen LogP contribution < -0.4 is 0 Å². The van der Waals surface area contributed by atoms with Crippen molar-refractivity contribution in [1.82, 2.24) is 0 Å². The van der Waals surface area contributed by atoms with E-state index in [2.05, 4.69) is 0 Å². The first-order valence-corrected chi connectivity index (χ1v) is 7.15. The van der Waals surface area contributed by atoms with Gasteiger partial charge in [0, 0.05) is 17.0 Å². The second kappa shape index (κ2) is 5.93. The third kappa shape index (κ3) is 2.92. The van der Waals surface area contributed by atoms with E-state index < -0.39 is 5.92 Å². The Morgan fingerprint density at radius 2 is 1.04 bits per heavy atom. The van der Waals surface area contributed by atoms with Crippen LogP contribution in [0.15, 0.2) is 66.7 Å². The van der Waals surface area contributed by atoms with Crippen LogP contribution in [0.5, 0.6) is 23.0 Å². The molecule has 0 amide bonds. The average Bonchev–Trinajstić information content (AvgIpc) is 2.55. The molecule has 23 heavy (non-hydrogen) atoms. The van der Waals surface area contributed by atoms with Crippen LogP contribution in [0.3, 0.4) is 0 Å². The maximum Gasteiger partial charge on any atom is 0.120 e. The summed E-state index contributed by atoms with van der Waals surface area (Å²) in [5, 5.41) is 40.0. The Morgan fingerprint density at radius 1 is 0.565 bits per heavy atom. The summed E-state index contributed by atoms with van der Waals surface area (Å²) in [5.41, 5.74) is 1.70. The minimum absolute atomic E-state index is 0.000559. The van der Waals surface area contributed by atoms with E-state index in [4.69, 9.17) is 0 Å². The number of hydrogen-bond acceptors (Lipinski definition) is 4. The molecule has 3 aromatic rings. The minimum atomic E-state index is -0.532. The quantitative estimate of drug-likeness (QED) is 0.439. The van der Waals surface area contributed by atoms with Gasteiger partial charge in [0.25, 0.3) is 0 Å². The van der Waals surface area contributed by atoms with E-state index in [0.29, 0.717) is 11.1 Å². The van der Waals surface area contributed by atoms with Crippen molar-refractivity contribution in [3.05, 3.63) is 83.4 Å². The molecule has 0 spiro atoms. The van der Waals surface area contributed by atoms with Crippen molar-refractivity contribution >= 4 is 0 Å². The van der Waals surface area contributed by atoms with E-state index in [0.717, 1.165) is 5.56 Å². The third-order valence-electron chi connectivity index (χ3n) is 3.78. The summed E-state index contributed by atoms with van der Waals surface area (Å²) < 4.78 is 0. The minimum Gasteiger partial charge on any atom is -0.508 e. The zero-order chi connectivity index (χ0) is 16.4. The number of aromatic hydroxyl groups is 4. The van der Waals surface area contributed by atoms with Gasteiger partial charge in [-0.2, -0.15) is 0 Å². The highest BCUT2D eigenvalue weighted by atomic mass is 16.3. The summed E-state index contributed by atoms with van der Waals surface area (Å²) in [6.45, 7) is 0. The van der Waals surface area contributed by atoms with E-state index in [-0.39, 0.29) is 23.0 Å². The van der Waals surface area contributed by atoms with Crippen LogP contribution in [0.1, 0.15) is 22.6 Å². The molecule has 0 aromatic heterocycles. The molecule has 3 rings (SSSR count). The number of rotatable bonds is 3. The first-order chi connectivity index (χ1) is 11.1. The zero-order valence-corrected chi connectivity index (χ0v) is 12.2. The van der Waals surface area contributed by atoms with E-state index in [1.165, 1.54) is 36.4 Å². The van der Waals surface area contributed by atoms with Crippen LogP contribution in [0.2, 0.25) is 0 Å². The number of benzene rings is 3. The molecule has 3 aromatic carbocycles. The Balaban J connectivity index is 2.27. The predicted molar refractivity (Wildman–Crippen MR) is 86.9 cm³/mol. The van der Waals surface area contributed by atoms with Crippen molar-refractivity contribution in [3.63, 3.8) is 0 Å². The lowest BCUT2D eigenvalue weighted by Gasteiger charge is -2.21. The Morgan fingerprint density at radius 3 is 1.52 bits per heavy atom. The van der Waals surface area contributed by atoms with Crippen molar-refractivity contribution < 1.29 is 20.4 Å². The van der Waals surface area contributed by atoms with Crippen LogP contribution in [-0.4, -0.2) is 20.4 Å². The summed E-state index contributed by atoms with van der Waals surface area (Å²) in [4.78, 5) is 0. The Kier molecular flexibility index (Phi) is 3.81. The molecule has 0 fully saturated rings. The lowest BCUT2D eigenvalue weighted by atomic mass is 9.84. The van der Waals surface area contributed by atoms with Gasteiger partial charge in [0.15, 0.2) is 0 Å². The molecule has 0 atom stereocenters. The standard InChI is InChI=1S/C19H16O4/c20-13-6-8-17(22)15(10-13)19(12-4-2-1-3-5-12)16-11-14(21)7-9-18(16)23/h1-11,19-23H. The highest BCUT2D eigenvalue weighted by molar-refractivity contribution is 5.55. The molecule has 0 bridgehead atoms. The smallest absolute Gasteiger partial charge is 0.120 e. The summed E-state index contributed by atoms with van der Waals surface area (Å²) in [7, 11) is 0. The van der Waals surface area contributed by atoms with Gasteiger partial charge in [-0.05, 0) is 42.0 Å². The second-order valence-electron chi connectivity index (χ2n) is 5.33. The van der Waals surface area contributed by atoms with E-state index in [1.807, 2.05) is 30.3 Å². The van der Waals surface area contributed by atoms with Gasteiger partial charge in [-0.25, -0.2) is 0 Å². The van der Waals surface area contributed by atoms with Gasteiger partial charge in [-0.3, -0.25) is 0 Å². The average molecular weight is 308 g/mol. The maximum atomic E-state index is 10.2. The Bertz CT molecular complexity index is 777. The number of phenolic OH excluding ortho intramolecular Hbond substituents is 4. The molecule has 0 saturated carbocycles. The van der Waals surface area contributed by atoms with Gasteiger partial charge in [-0.15, -0.1) is 0 Å². The monoisotopic (exact) mass is 308 g/mol. The molecule has 0 saturated heterocycles. The Hall–Kier alpha value is -3.14. The lowest BCUT2D eigenvalue weighted by molar-refractivity contribution is 0.445. The van der Waals surface area contributed by atoms with Crippen LogP contribution in [0, 0.1) is 0 Å². The SMILES string of the molecule is Oc1ccc(O)c(C(c2ccccc2)c2cc(O)ccc2O)c1. The van der Waals surface area contributed by atoms with Gasteiger partial charge in [-0.1, -0.05) is 30.3 Å². The second-order valence-corrected chi connectivity index (χ2v) is 5.33. The van der Waals surface area contributed by atoms with Gasteiger partial charge in [0.1, 0.15) is 23.0 Å². The molecule has 0 aliphatic rings. The lowest BCUT2D eigenvalue weighted by Crippen LogP contribution is -2.04. The molecule has 0 aliphatic carbocycles. The van der Waals surface area contributed by atoms with E-state index in [1.54, 1.807) is 0 Å². The summed E-state index contributed by atoms with van der Waals surface area (Å²) in [5.74, 6) is -0.508. The fourth-order valence-electron chi connectivity index (χ4n) is 2.72. The van der Waals surface area contributed by atoms with Gasteiger partial charge >= 0.3 is 0 Å². The molecule has 4 heteroatoms. The van der Waals surface area contributed by atoms with Crippen molar-refractivity contribution in [2.45, 2.75) is 5.92 Å². The molecule has 0 aliphatic heterocycles. The largest absolute Gasteiger partial charge is 0.508 e. The molecule has 0 unspecified atom stereocenters. The van der Waals surface area contributed by atoms with Gasteiger partial charge in [0.05, 0.1) is 0 Å². The summed E-state index contributed by atoms with van der Waals surface area (Å²) in [6.07, 6.45) is 0. The van der Waals surface area contributed by atoms with Crippen LogP contribution in [0.25, 0.3) is 0 Å². The van der Waals surface area contributed by atoms with Crippen LogP contribution in [-0.2, 0) is 0 Å². The molecule has 4 N–H and O–H groups in total. The fourth-order valence-corrected chi connectivity index (χ4v) is 2.72. The van der Waals surface area contributed by atoms with Crippen LogP contribution in [0.4, 0.5) is 0 Å². The molecule has 4 nitrogen and oxygen atoms in total. The predicted octanol–water partition coefficient (Wildman–Crippen LogP) is 3.69. The Labute approximate surface area is 133 Å². The fraction of sp³-hybridized carbons (Fsp3) is 0.0526. The summed E-state index contributed by atoms with van der Waals surface area (Å²) >= 11 is 0. The van der Waals surface area contributed by atoms with Crippen LogP contribution >= 0.6 is 0 Å². The highest BCUT2D eigenvalue weighted by Crippen LogP contribution is 2.42. The van der Waals surface area contributed by atoms with E-state index in [9.17, 15) is 20.4 Å². The van der Waals surface area contributed by atoms with Crippen molar-refractivity contribution in [2.75, 3.05) is 0 Å². The van der Waals surface area contributed by atoms with Crippen molar-refractivity contribution in [1.29, 1.82) is 0 Å². The number of hydrogen-bond donors (Lipinski definition) is 4. The van der Waals surface area contributed by atoms with Gasteiger partial charge < -0.3 is 20.4 Å². The molecule has 0 heterocycles. The zero-order valence-electron chi connectivity index (χ0n) is 12.2. The molecular weight excluding hydrogens is 292 g/mol. The van der Waals surface area contributed by atoms with Gasteiger partial charge in [0.2, 0.25) is 0 Å². The van der Waals surface area contributed by atoms with Crippen molar-refractivity contribution in [2.24, 2.45) is 0 Å².